The van der Waals surface area contributed by atoms with Crippen LogP contribution in [0.25, 0.3) is 0 Å². The van der Waals surface area contributed by atoms with Gasteiger partial charge in [-0.25, -0.2) is 4.98 Å². The molecular weight excluding hydrogens is 222 g/mol. The third-order valence-corrected chi connectivity index (χ3v) is 2.87. The number of nitrogens with two attached hydrogens (primary N) is 1. The van der Waals surface area contributed by atoms with Crippen LogP contribution in [0.2, 0.25) is 0 Å². The Labute approximate surface area is 108 Å². The minimum absolute atomic E-state index is 0.136. The lowest BCUT2D eigenvalue weighted by Gasteiger charge is -2.21. The number of pyridine rings is 1. The molecule has 3 nitrogen and oxygen atoms in total. The van der Waals surface area contributed by atoms with Crippen molar-refractivity contribution < 1.29 is 0 Å². The molecule has 1 aromatic heterocycles. The average Bonchev–Trinajstić information content (AvgIpc) is 2.39. The molecule has 0 saturated carbocycles. The molecule has 94 valence electrons. The maximum absolute atomic E-state index is 5.89. The van der Waals surface area contributed by atoms with Gasteiger partial charge in [0.1, 0.15) is 5.82 Å². The van der Waals surface area contributed by atoms with Gasteiger partial charge in [0.15, 0.2) is 0 Å². The van der Waals surface area contributed by atoms with E-state index in [2.05, 4.69) is 28.1 Å². The molecule has 0 aliphatic rings. The van der Waals surface area contributed by atoms with Crippen LogP contribution < -0.4 is 10.6 Å². The average molecular weight is 241 g/mol. The first kappa shape index (κ1) is 12.6. The van der Waals surface area contributed by atoms with Crippen LogP contribution in [-0.4, -0.2) is 18.1 Å². The maximum atomic E-state index is 5.89. The summed E-state index contributed by atoms with van der Waals surface area (Å²) in [5, 5.41) is 0. The Hall–Kier alpha value is -1.87. The van der Waals surface area contributed by atoms with Crippen LogP contribution >= 0.6 is 0 Å². The summed E-state index contributed by atoms with van der Waals surface area (Å²) in [7, 11) is 2.03. The van der Waals surface area contributed by atoms with Gasteiger partial charge >= 0.3 is 0 Å². The van der Waals surface area contributed by atoms with Crippen molar-refractivity contribution in [2.45, 2.75) is 19.4 Å². The van der Waals surface area contributed by atoms with Gasteiger partial charge in [-0.3, -0.25) is 0 Å². The molecule has 0 spiro atoms. The summed E-state index contributed by atoms with van der Waals surface area (Å²) >= 11 is 0. The summed E-state index contributed by atoms with van der Waals surface area (Å²) in [6.07, 6.45) is 2.65. The molecule has 0 aliphatic carbocycles. The normalized spacial score (nSPS) is 12.2. The van der Waals surface area contributed by atoms with Crippen molar-refractivity contribution in [3.8, 4) is 0 Å². The summed E-state index contributed by atoms with van der Waals surface area (Å²) in [4.78, 5) is 6.57. The van der Waals surface area contributed by atoms with Gasteiger partial charge in [-0.15, -0.1) is 0 Å². The summed E-state index contributed by atoms with van der Waals surface area (Å²) in [5.74, 6) is 0.973. The number of benzene rings is 1. The highest BCUT2D eigenvalue weighted by atomic mass is 15.2. The van der Waals surface area contributed by atoms with Crippen LogP contribution in [0.3, 0.4) is 0 Å². The van der Waals surface area contributed by atoms with Crippen molar-refractivity contribution in [2.75, 3.05) is 11.9 Å². The number of para-hydroxylation sites is 1. The van der Waals surface area contributed by atoms with Gasteiger partial charge < -0.3 is 10.6 Å². The number of hydrogen-bond acceptors (Lipinski definition) is 3. The highest BCUT2D eigenvalue weighted by molar-refractivity contribution is 5.61. The van der Waals surface area contributed by atoms with Crippen molar-refractivity contribution in [1.82, 2.24) is 4.98 Å². The topological polar surface area (TPSA) is 42.1 Å². The Morgan fingerprint density at radius 3 is 2.56 bits per heavy atom. The molecule has 0 aliphatic heterocycles. The highest BCUT2D eigenvalue weighted by Gasteiger charge is 2.11. The van der Waals surface area contributed by atoms with Crippen molar-refractivity contribution in [3.05, 3.63) is 54.2 Å². The fraction of sp³-hybridized carbons (Fsp3) is 0.267. The van der Waals surface area contributed by atoms with Gasteiger partial charge in [-0.2, -0.15) is 0 Å². The first-order chi connectivity index (χ1) is 8.68. The van der Waals surface area contributed by atoms with Crippen molar-refractivity contribution in [1.29, 1.82) is 0 Å². The van der Waals surface area contributed by atoms with E-state index < -0.39 is 0 Å². The van der Waals surface area contributed by atoms with Crippen LogP contribution in [0.4, 0.5) is 11.5 Å². The first-order valence-corrected chi connectivity index (χ1v) is 6.16. The molecule has 2 aromatic rings. The van der Waals surface area contributed by atoms with Crippen LogP contribution in [0.5, 0.6) is 0 Å². The van der Waals surface area contributed by atoms with Gasteiger partial charge in [0.05, 0.1) is 0 Å². The van der Waals surface area contributed by atoms with E-state index in [0.717, 1.165) is 17.9 Å². The second kappa shape index (κ2) is 5.65. The Bertz CT molecular complexity index is 494. The summed E-state index contributed by atoms with van der Waals surface area (Å²) in [5.41, 5.74) is 8.19. The Balaban J connectivity index is 2.33. The van der Waals surface area contributed by atoms with Crippen molar-refractivity contribution in [3.63, 3.8) is 0 Å². The van der Waals surface area contributed by atoms with E-state index >= 15 is 0 Å². The largest absolute Gasteiger partial charge is 0.329 e. The zero-order valence-electron chi connectivity index (χ0n) is 10.9. The van der Waals surface area contributed by atoms with E-state index in [9.17, 15) is 0 Å². The Morgan fingerprint density at radius 1 is 1.17 bits per heavy atom. The maximum Gasteiger partial charge on any atom is 0.135 e. The van der Waals surface area contributed by atoms with E-state index in [1.807, 2.05) is 44.4 Å². The van der Waals surface area contributed by atoms with Gasteiger partial charge in [-0.1, -0.05) is 24.3 Å². The summed E-state index contributed by atoms with van der Waals surface area (Å²) in [6, 6.07) is 14.4. The number of rotatable bonds is 4. The molecule has 3 heteroatoms. The van der Waals surface area contributed by atoms with Crippen molar-refractivity contribution in [2.24, 2.45) is 5.73 Å². The van der Waals surface area contributed by atoms with Gasteiger partial charge in [0, 0.05) is 25.0 Å². The zero-order valence-corrected chi connectivity index (χ0v) is 10.9. The van der Waals surface area contributed by atoms with Gasteiger partial charge in [0.2, 0.25) is 0 Å². The molecule has 1 heterocycles. The van der Waals surface area contributed by atoms with Crippen LogP contribution in [0.15, 0.2) is 48.7 Å². The van der Waals surface area contributed by atoms with E-state index in [1.54, 1.807) is 0 Å². The lowest BCUT2D eigenvalue weighted by Crippen LogP contribution is -2.21. The second-order valence-electron chi connectivity index (χ2n) is 4.56. The fourth-order valence-corrected chi connectivity index (χ4v) is 2.01. The van der Waals surface area contributed by atoms with E-state index in [-0.39, 0.29) is 6.04 Å². The molecule has 2 rings (SSSR count). The molecule has 0 bridgehead atoms. The minimum Gasteiger partial charge on any atom is -0.329 e. The predicted octanol–water partition coefficient (Wildman–Crippen LogP) is 2.74. The van der Waals surface area contributed by atoms with Gasteiger partial charge in [0.25, 0.3) is 0 Å². The molecule has 0 fully saturated rings. The monoisotopic (exact) mass is 241 g/mol. The summed E-state index contributed by atoms with van der Waals surface area (Å²) < 4.78 is 0. The first-order valence-electron chi connectivity index (χ1n) is 6.16. The Morgan fingerprint density at radius 2 is 1.89 bits per heavy atom. The third kappa shape index (κ3) is 2.87. The number of anilines is 2. The number of aromatic nitrogens is 1. The van der Waals surface area contributed by atoms with Crippen LogP contribution in [-0.2, 0) is 6.42 Å². The van der Waals surface area contributed by atoms with Crippen LogP contribution in [0, 0.1) is 0 Å². The molecule has 18 heavy (non-hydrogen) atoms. The van der Waals surface area contributed by atoms with E-state index in [0.29, 0.717) is 0 Å². The lowest BCUT2D eigenvalue weighted by molar-refractivity contribution is 0.735. The van der Waals surface area contributed by atoms with E-state index in [1.165, 1.54) is 5.56 Å². The Kier molecular flexibility index (Phi) is 3.95. The molecule has 0 amide bonds. The van der Waals surface area contributed by atoms with Crippen LogP contribution in [0.1, 0.15) is 12.5 Å². The fourth-order valence-electron chi connectivity index (χ4n) is 2.01. The second-order valence-corrected chi connectivity index (χ2v) is 4.56. The molecule has 0 radical (unpaired) electrons. The molecule has 1 unspecified atom stereocenters. The standard InChI is InChI=1S/C15H19N3/c1-12(16)11-13-7-6-10-17-15(13)18(2)14-8-4-3-5-9-14/h3-10,12H,11,16H2,1-2H3. The quantitative estimate of drug-likeness (QED) is 0.895. The number of hydrogen-bond donors (Lipinski definition) is 1. The summed E-state index contributed by atoms with van der Waals surface area (Å²) in [6.45, 7) is 2.01. The molecule has 1 aromatic carbocycles. The third-order valence-electron chi connectivity index (χ3n) is 2.87. The van der Waals surface area contributed by atoms with E-state index in [4.69, 9.17) is 5.73 Å². The predicted molar refractivity (Wildman–Crippen MR) is 76.1 cm³/mol. The lowest BCUT2D eigenvalue weighted by atomic mass is 10.1. The zero-order chi connectivity index (χ0) is 13.0. The smallest absolute Gasteiger partial charge is 0.135 e. The molecule has 0 saturated heterocycles. The van der Waals surface area contributed by atoms with Gasteiger partial charge in [-0.05, 0) is 37.1 Å². The SMILES string of the molecule is CC(N)Cc1cccnc1N(C)c1ccccc1. The number of nitrogens with zero attached hydrogens (tertiary/aromatic N) is 2. The molecule has 1 atom stereocenters. The minimum atomic E-state index is 0.136. The molecule has 2 N–H and O–H groups in total. The highest BCUT2D eigenvalue weighted by Crippen LogP contribution is 2.24. The molecular formula is C15H19N3. The van der Waals surface area contributed by atoms with Crippen molar-refractivity contribution >= 4 is 11.5 Å².